The van der Waals surface area contributed by atoms with Crippen LogP contribution in [0.4, 0.5) is 0 Å². The number of unbranched alkanes of at least 4 members (excludes halogenated alkanes) is 13. The number of amides is 1. The van der Waals surface area contributed by atoms with Gasteiger partial charge in [-0.1, -0.05) is 83.1 Å². The highest BCUT2D eigenvalue weighted by Crippen LogP contribution is 2.13. The standard InChI is InChI=1S/C21H39NO3/c1-2-19-22-20(23)17-15-13-11-9-7-5-3-4-6-8-10-12-14-16-18-21(24)25/h2H,1,3-19H2,(H,22,23)(H,24,25). The van der Waals surface area contributed by atoms with Gasteiger partial charge in [-0.05, 0) is 12.8 Å². The maximum Gasteiger partial charge on any atom is 0.303 e. The van der Waals surface area contributed by atoms with Gasteiger partial charge >= 0.3 is 5.97 Å². The summed E-state index contributed by atoms with van der Waals surface area (Å²) in [6.07, 6.45) is 19.6. The van der Waals surface area contributed by atoms with Crippen LogP contribution in [0.15, 0.2) is 12.7 Å². The van der Waals surface area contributed by atoms with E-state index in [1.54, 1.807) is 6.08 Å². The molecule has 0 fully saturated rings. The monoisotopic (exact) mass is 353 g/mol. The summed E-state index contributed by atoms with van der Waals surface area (Å²) in [7, 11) is 0. The van der Waals surface area contributed by atoms with Crippen LogP contribution in [0.3, 0.4) is 0 Å². The second kappa shape index (κ2) is 19.0. The molecule has 4 nitrogen and oxygen atoms in total. The van der Waals surface area contributed by atoms with Crippen LogP contribution in [-0.2, 0) is 9.59 Å². The van der Waals surface area contributed by atoms with Gasteiger partial charge in [0.05, 0.1) is 0 Å². The van der Waals surface area contributed by atoms with Gasteiger partial charge in [-0.25, -0.2) is 0 Å². The SMILES string of the molecule is C=CCNC(=O)CCCCCCCCCCCCCCCCC(=O)O. The molecule has 0 aliphatic carbocycles. The molecule has 0 rings (SSSR count). The average Bonchev–Trinajstić information content (AvgIpc) is 2.59. The van der Waals surface area contributed by atoms with E-state index in [4.69, 9.17) is 5.11 Å². The summed E-state index contributed by atoms with van der Waals surface area (Å²) in [6.45, 7) is 4.15. The van der Waals surface area contributed by atoms with Gasteiger partial charge in [0, 0.05) is 19.4 Å². The number of hydrogen-bond acceptors (Lipinski definition) is 2. The van der Waals surface area contributed by atoms with E-state index in [0.717, 1.165) is 25.7 Å². The van der Waals surface area contributed by atoms with Crippen LogP contribution in [0.2, 0.25) is 0 Å². The van der Waals surface area contributed by atoms with Crippen molar-refractivity contribution in [3.63, 3.8) is 0 Å². The normalized spacial score (nSPS) is 10.6. The lowest BCUT2D eigenvalue weighted by Gasteiger charge is -2.04. The molecule has 0 aromatic rings. The molecule has 0 saturated heterocycles. The number of carboxylic acids is 1. The Bertz CT molecular complexity index is 342. The molecular formula is C21H39NO3. The van der Waals surface area contributed by atoms with Gasteiger partial charge in [0.2, 0.25) is 5.91 Å². The first-order chi connectivity index (χ1) is 12.2. The van der Waals surface area contributed by atoms with Crippen molar-refractivity contribution in [2.45, 2.75) is 103 Å². The summed E-state index contributed by atoms with van der Waals surface area (Å²) in [6, 6.07) is 0. The first-order valence-electron chi connectivity index (χ1n) is 10.3. The first kappa shape index (κ1) is 23.7. The van der Waals surface area contributed by atoms with Crippen molar-refractivity contribution in [3.05, 3.63) is 12.7 Å². The highest BCUT2D eigenvalue weighted by atomic mass is 16.4. The zero-order valence-corrected chi connectivity index (χ0v) is 16.1. The zero-order chi connectivity index (χ0) is 18.6. The summed E-state index contributed by atoms with van der Waals surface area (Å²) < 4.78 is 0. The van der Waals surface area contributed by atoms with E-state index in [0.29, 0.717) is 19.4 Å². The Kier molecular flexibility index (Phi) is 18.0. The number of hydrogen-bond donors (Lipinski definition) is 2. The molecule has 4 heteroatoms. The summed E-state index contributed by atoms with van der Waals surface area (Å²) in [5.41, 5.74) is 0. The van der Waals surface area contributed by atoms with Crippen molar-refractivity contribution in [3.8, 4) is 0 Å². The van der Waals surface area contributed by atoms with Gasteiger partial charge in [0.25, 0.3) is 0 Å². The number of carboxylic acid groups (broad SMARTS) is 1. The molecule has 0 bridgehead atoms. The number of aliphatic carboxylic acids is 1. The number of rotatable bonds is 19. The van der Waals surface area contributed by atoms with E-state index in [2.05, 4.69) is 11.9 Å². The highest BCUT2D eigenvalue weighted by molar-refractivity contribution is 5.75. The molecule has 0 unspecified atom stereocenters. The van der Waals surface area contributed by atoms with E-state index in [1.807, 2.05) is 0 Å². The van der Waals surface area contributed by atoms with E-state index in [9.17, 15) is 9.59 Å². The topological polar surface area (TPSA) is 66.4 Å². The fourth-order valence-corrected chi connectivity index (χ4v) is 2.96. The molecule has 2 N–H and O–H groups in total. The second-order valence-corrected chi connectivity index (χ2v) is 6.94. The number of carbonyl (C=O) groups excluding carboxylic acids is 1. The third-order valence-electron chi connectivity index (χ3n) is 4.49. The summed E-state index contributed by atoms with van der Waals surface area (Å²) in [4.78, 5) is 21.8. The van der Waals surface area contributed by atoms with E-state index >= 15 is 0 Å². The van der Waals surface area contributed by atoms with Gasteiger partial charge in [-0.3, -0.25) is 9.59 Å². The summed E-state index contributed by atoms with van der Waals surface area (Å²) in [5, 5.41) is 11.4. The van der Waals surface area contributed by atoms with Gasteiger partial charge in [0.1, 0.15) is 0 Å². The van der Waals surface area contributed by atoms with Crippen molar-refractivity contribution < 1.29 is 14.7 Å². The highest BCUT2D eigenvalue weighted by Gasteiger charge is 1.99. The second-order valence-electron chi connectivity index (χ2n) is 6.94. The average molecular weight is 354 g/mol. The van der Waals surface area contributed by atoms with Crippen LogP contribution >= 0.6 is 0 Å². The third kappa shape index (κ3) is 20.6. The molecule has 0 aromatic heterocycles. The Balaban J connectivity index is 3.08. The Morgan fingerprint density at radius 3 is 1.40 bits per heavy atom. The summed E-state index contributed by atoms with van der Waals surface area (Å²) in [5.74, 6) is -0.532. The molecule has 146 valence electrons. The van der Waals surface area contributed by atoms with Crippen LogP contribution in [0, 0.1) is 0 Å². The van der Waals surface area contributed by atoms with Crippen LogP contribution in [0.5, 0.6) is 0 Å². The molecule has 0 aliphatic heterocycles. The maximum atomic E-state index is 11.4. The molecule has 0 saturated carbocycles. The largest absolute Gasteiger partial charge is 0.481 e. The molecule has 0 heterocycles. The fourth-order valence-electron chi connectivity index (χ4n) is 2.96. The first-order valence-corrected chi connectivity index (χ1v) is 10.3. The molecule has 25 heavy (non-hydrogen) atoms. The fraction of sp³-hybridized carbons (Fsp3) is 0.810. The molecule has 1 amide bonds. The van der Waals surface area contributed by atoms with Crippen molar-refractivity contribution in [1.82, 2.24) is 5.32 Å². The van der Waals surface area contributed by atoms with E-state index < -0.39 is 5.97 Å². The number of carbonyl (C=O) groups is 2. The Hall–Kier alpha value is -1.32. The van der Waals surface area contributed by atoms with Crippen LogP contribution < -0.4 is 5.32 Å². The van der Waals surface area contributed by atoms with Gasteiger partial charge < -0.3 is 10.4 Å². The van der Waals surface area contributed by atoms with Gasteiger partial charge in [0.15, 0.2) is 0 Å². The third-order valence-corrected chi connectivity index (χ3v) is 4.49. The van der Waals surface area contributed by atoms with E-state index in [-0.39, 0.29) is 5.91 Å². The van der Waals surface area contributed by atoms with Crippen LogP contribution in [0.1, 0.15) is 103 Å². The molecule has 0 aromatic carbocycles. The lowest BCUT2D eigenvalue weighted by Crippen LogP contribution is -2.22. The van der Waals surface area contributed by atoms with E-state index in [1.165, 1.54) is 64.2 Å². The minimum atomic E-state index is -0.672. The molecule has 0 spiro atoms. The predicted molar refractivity (Wildman–Crippen MR) is 105 cm³/mol. The quantitative estimate of drug-likeness (QED) is 0.234. The smallest absolute Gasteiger partial charge is 0.303 e. The van der Waals surface area contributed by atoms with Crippen molar-refractivity contribution in [2.75, 3.05) is 6.54 Å². The minimum Gasteiger partial charge on any atom is -0.481 e. The molecule has 0 atom stereocenters. The minimum absolute atomic E-state index is 0.141. The zero-order valence-electron chi connectivity index (χ0n) is 16.1. The van der Waals surface area contributed by atoms with Crippen LogP contribution in [0.25, 0.3) is 0 Å². The lowest BCUT2D eigenvalue weighted by molar-refractivity contribution is -0.137. The Morgan fingerprint density at radius 2 is 1.04 bits per heavy atom. The van der Waals surface area contributed by atoms with Gasteiger partial charge in [-0.15, -0.1) is 6.58 Å². The lowest BCUT2D eigenvalue weighted by atomic mass is 10.0. The number of nitrogens with one attached hydrogen (secondary N) is 1. The predicted octanol–water partition coefficient (Wildman–Crippen LogP) is 5.61. The molecule has 0 aliphatic rings. The Morgan fingerprint density at radius 1 is 0.680 bits per heavy atom. The molecular weight excluding hydrogens is 314 g/mol. The van der Waals surface area contributed by atoms with Crippen molar-refractivity contribution >= 4 is 11.9 Å². The van der Waals surface area contributed by atoms with Crippen molar-refractivity contribution in [2.24, 2.45) is 0 Å². The van der Waals surface area contributed by atoms with Gasteiger partial charge in [-0.2, -0.15) is 0 Å². The van der Waals surface area contributed by atoms with Crippen molar-refractivity contribution in [1.29, 1.82) is 0 Å². The molecule has 0 radical (unpaired) electrons. The van der Waals surface area contributed by atoms with Crippen LogP contribution in [-0.4, -0.2) is 23.5 Å². The Labute approximate surface area is 154 Å². The maximum absolute atomic E-state index is 11.4. The summed E-state index contributed by atoms with van der Waals surface area (Å²) >= 11 is 0.